The normalized spacial score (nSPS) is 26.5. The van der Waals surface area contributed by atoms with E-state index >= 15 is 0 Å². The van der Waals surface area contributed by atoms with Crippen LogP contribution in [0.3, 0.4) is 0 Å². The van der Waals surface area contributed by atoms with Crippen LogP contribution in [0.4, 0.5) is 5.69 Å². The van der Waals surface area contributed by atoms with Crippen molar-refractivity contribution in [2.24, 2.45) is 0 Å². The van der Waals surface area contributed by atoms with Crippen LogP contribution >= 0.6 is 0 Å². The SMILES string of the molecule is c1ccc(N2CCNC(N3CCC3)C2)cc1. The first-order chi connectivity index (χ1) is 7.93. The van der Waals surface area contributed by atoms with Crippen molar-refractivity contribution < 1.29 is 0 Å². The molecule has 3 rings (SSSR count). The summed E-state index contributed by atoms with van der Waals surface area (Å²) in [7, 11) is 0. The van der Waals surface area contributed by atoms with Crippen LogP contribution in [-0.4, -0.2) is 43.8 Å². The molecule has 1 unspecified atom stereocenters. The number of likely N-dealkylation sites (tertiary alicyclic amines) is 1. The third-order valence-electron chi connectivity index (χ3n) is 3.61. The Bertz CT molecular complexity index is 334. The van der Waals surface area contributed by atoms with Crippen molar-refractivity contribution in [2.45, 2.75) is 12.6 Å². The molecule has 0 amide bonds. The summed E-state index contributed by atoms with van der Waals surface area (Å²) in [5, 5.41) is 3.61. The van der Waals surface area contributed by atoms with Gasteiger partial charge < -0.3 is 4.90 Å². The van der Waals surface area contributed by atoms with Crippen LogP contribution in [0, 0.1) is 0 Å². The maximum absolute atomic E-state index is 3.61. The minimum atomic E-state index is 0.558. The Kier molecular flexibility index (Phi) is 2.80. The number of hydrogen-bond donors (Lipinski definition) is 1. The molecule has 2 saturated heterocycles. The molecule has 2 fully saturated rings. The molecule has 0 aliphatic carbocycles. The lowest BCUT2D eigenvalue weighted by molar-refractivity contribution is 0.0912. The molecule has 1 N–H and O–H groups in total. The molecular weight excluding hydrogens is 198 g/mol. The predicted molar refractivity (Wildman–Crippen MR) is 66.6 cm³/mol. The summed E-state index contributed by atoms with van der Waals surface area (Å²) in [4.78, 5) is 5.02. The highest BCUT2D eigenvalue weighted by Gasteiger charge is 2.28. The summed E-state index contributed by atoms with van der Waals surface area (Å²) in [5.74, 6) is 0. The zero-order valence-electron chi connectivity index (χ0n) is 9.60. The molecule has 1 aromatic rings. The topological polar surface area (TPSA) is 18.5 Å². The number of hydrogen-bond acceptors (Lipinski definition) is 3. The fourth-order valence-electron chi connectivity index (χ4n) is 2.50. The monoisotopic (exact) mass is 217 g/mol. The van der Waals surface area contributed by atoms with Crippen molar-refractivity contribution >= 4 is 5.69 Å². The van der Waals surface area contributed by atoms with Gasteiger partial charge in [0.2, 0.25) is 0 Å². The fraction of sp³-hybridized carbons (Fsp3) is 0.538. The molecule has 1 aromatic carbocycles. The zero-order chi connectivity index (χ0) is 10.8. The lowest BCUT2D eigenvalue weighted by atomic mass is 10.1. The molecular formula is C13H19N3. The average Bonchev–Trinajstić information content (AvgIpc) is 2.28. The fourth-order valence-corrected chi connectivity index (χ4v) is 2.50. The number of para-hydroxylation sites is 1. The summed E-state index contributed by atoms with van der Waals surface area (Å²) in [6, 6.07) is 10.7. The molecule has 0 spiro atoms. The summed E-state index contributed by atoms with van der Waals surface area (Å²) in [5.41, 5.74) is 1.36. The van der Waals surface area contributed by atoms with Crippen LogP contribution in [-0.2, 0) is 0 Å². The molecule has 0 saturated carbocycles. The van der Waals surface area contributed by atoms with Gasteiger partial charge in [-0.1, -0.05) is 18.2 Å². The van der Waals surface area contributed by atoms with E-state index in [-0.39, 0.29) is 0 Å². The molecule has 2 aliphatic heterocycles. The number of nitrogens with zero attached hydrogens (tertiary/aromatic N) is 2. The summed E-state index contributed by atoms with van der Waals surface area (Å²) < 4.78 is 0. The van der Waals surface area contributed by atoms with Crippen molar-refractivity contribution in [2.75, 3.05) is 37.6 Å². The first-order valence-electron chi connectivity index (χ1n) is 6.21. The van der Waals surface area contributed by atoms with Gasteiger partial charge in [-0.2, -0.15) is 0 Å². The first kappa shape index (κ1) is 10.1. The first-order valence-corrected chi connectivity index (χ1v) is 6.21. The smallest absolute Gasteiger partial charge is 0.0778 e. The van der Waals surface area contributed by atoms with Crippen LogP contribution in [0.2, 0.25) is 0 Å². The van der Waals surface area contributed by atoms with Gasteiger partial charge in [0.15, 0.2) is 0 Å². The van der Waals surface area contributed by atoms with Gasteiger partial charge in [0.25, 0.3) is 0 Å². The molecule has 2 heterocycles. The van der Waals surface area contributed by atoms with E-state index in [0.717, 1.165) is 19.6 Å². The summed E-state index contributed by atoms with van der Waals surface area (Å²) in [6.07, 6.45) is 1.92. The van der Waals surface area contributed by atoms with Gasteiger partial charge in [0.1, 0.15) is 0 Å². The highest BCUT2D eigenvalue weighted by molar-refractivity contribution is 5.46. The third kappa shape index (κ3) is 1.93. The zero-order valence-corrected chi connectivity index (χ0v) is 9.60. The molecule has 2 aliphatic rings. The van der Waals surface area contributed by atoms with Gasteiger partial charge >= 0.3 is 0 Å². The van der Waals surface area contributed by atoms with Gasteiger partial charge in [-0.25, -0.2) is 0 Å². The Labute approximate surface area is 97.0 Å². The van der Waals surface area contributed by atoms with Crippen LogP contribution < -0.4 is 10.2 Å². The van der Waals surface area contributed by atoms with Crippen LogP contribution in [0.15, 0.2) is 30.3 Å². The minimum absolute atomic E-state index is 0.558. The van der Waals surface area contributed by atoms with Crippen LogP contribution in [0.25, 0.3) is 0 Å². The maximum Gasteiger partial charge on any atom is 0.0778 e. The third-order valence-corrected chi connectivity index (χ3v) is 3.61. The minimum Gasteiger partial charge on any atom is -0.367 e. The predicted octanol–water partition coefficient (Wildman–Crippen LogP) is 1.13. The van der Waals surface area contributed by atoms with E-state index in [9.17, 15) is 0 Å². The average molecular weight is 217 g/mol. The van der Waals surface area contributed by atoms with Crippen molar-refractivity contribution in [3.8, 4) is 0 Å². The van der Waals surface area contributed by atoms with Crippen molar-refractivity contribution in [1.82, 2.24) is 10.2 Å². The Morgan fingerprint density at radius 2 is 1.88 bits per heavy atom. The van der Waals surface area contributed by atoms with Crippen LogP contribution in [0.5, 0.6) is 0 Å². The van der Waals surface area contributed by atoms with Crippen molar-refractivity contribution in [1.29, 1.82) is 0 Å². The molecule has 0 radical (unpaired) electrons. The number of rotatable bonds is 2. The Morgan fingerprint density at radius 1 is 1.06 bits per heavy atom. The van der Waals surface area contributed by atoms with E-state index < -0.39 is 0 Å². The van der Waals surface area contributed by atoms with Gasteiger partial charge in [0, 0.05) is 38.4 Å². The number of anilines is 1. The maximum atomic E-state index is 3.61. The van der Waals surface area contributed by atoms with Gasteiger partial charge in [0.05, 0.1) is 6.17 Å². The van der Waals surface area contributed by atoms with E-state index in [2.05, 4.69) is 45.4 Å². The number of benzene rings is 1. The quantitative estimate of drug-likeness (QED) is 0.801. The van der Waals surface area contributed by atoms with E-state index in [1.54, 1.807) is 0 Å². The molecule has 0 bridgehead atoms. The largest absolute Gasteiger partial charge is 0.367 e. The highest BCUT2D eigenvalue weighted by Crippen LogP contribution is 2.18. The van der Waals surface area contributed by atoms with E-state index in [4.69, 9.17) is 0 Å². The summed E-state index contributed by atoms with van der Waals surface area (Å²) >= 11 is 0. The second kappa shape index (κ2) is 4.44. The second-order valence-electron chi connectivity index (χ2n) is 4.64. The molecule has 16 heavy (non-hydrogen) atoms. The second-order valence-corrected chi connectivity index (χ2v) is 4.64. The number of nitrogens with one attached hydrogen (secondary N) is 1. The molecule has 0 aromatic heterocycles. The van der Waals surface area contributed by atoms with Crippen molar-refractivity contribution in [3.05, 3.63) is 30.3 Å². The van der Waals surface area contributed by atoms with Gasteiger partial charge in [-0.05, 0) is 18.6 Å². The molecule has 86 valence electrons. The molecule has 3 heteroatoms. The van der Waals surface area contributed by atoms with Gasteiger partial charge in [-0.3, -0.25) is 10.2 Å². The standard InChI is InChI=1S/C13H19N3/c1-2-5-12(6-3-1)16-10-7-14-13(11-16)15-8-4-9-15/h1-3,5-6,13-14H,4,7-11H2. The van der Waals surface area contributed by atoms with Crippen LogP contribution in [0.1, 0.15) is 6.42 Å². The Hall–Kier alpha value is -1.06. The van der Waals surface area contributed by atoms with Gasteiger partial charge in [-0.15, -0.1) is 0 Å². The van der Waals surface area contributed by atoms with E-state index in [1.807, 2.05) is 0 Å². The lowest BCUT2D eigenvalue weighted by Gasteiger charge is -2.44. The molecule has 3 nitrogen and oxygen atoms in total. The van der Waals surface area contributed by atoms with E-state index in [0.29, 0.717) is 6.17 Å². The number of piperazine rings is 1. The highest BCUT2D eigenvalue weighted by atomic mass is 15.4. The summed E-state index contributed by atoms with van der Waals surface area (Å²) in [6.45, 7) is 5.86. The van der Waals surface area contributed by atoms with E-state index in [1.165, 1.54) is 25.2 Å². The Balaban J connectivity index is 1.67. The lowest BCUT2D eigenvalue weighted by Crippen LogP contribution is -2.61. The van der Waals surface area contributed by atoms with Crippen molar-refractivity contribution in [3.63, 3.8) is 0 Å². The molecule has 1 atom stereocenters. The Morgan fingerprint density at radius 3 is 2.56 bits per heavy atom.